The second kappa shape index (κ2) is 6.46. The molecule has 0 N–H and O–H groups in total. The predicted octanol–water partition coefficient (Wildman–Crippen LogP) is 3.26. The molecule has 1 aromatic carbocycles. The van der Waals surface area contributed by atoms with Gasteiger partial charge >= 0.3 is 0 Å². The Morgan fingerprint density at radius 3 is 2.71 bits per heavy atom. The lowest BCUT2D eigenvalue weighted by atomic mass is 10.1. The molecule has 0 aliphatic rings. The molecule has 0 saturated heterocycles. The minimum atomic E-state index is -1.24. The van der Waals surface area contributed by atoms with Crippen LogP contribution in [0.5, 0.6) is 0 Å². The van der Waals surface area contributed by atoms with Crippen molar-refractivity contribution >= 4 is 28.1 Å². The van der Waals surface area contributed by atoms with Gasteiger partial charge in [0, 0.05) is 17.1 Å². The maximum Gasteiger partial charge on any atom is 0.249 e. The number of nitriles is 1. The number of hydrogen-bond acceptors (Lipinski definition) is 7. The minimum Gasteiger partial charge on any atom is -0.290 e. The molecular weight excluding hydrogens is 288 g/mol. The van der Waals surface area contributed by atoms with Gasteiger partial charge in [-0.1, -0.05) is 24.3 Å². The molecule has 0 aliphatic heterocycles. The zero-order valence-electron chi connectivity index (χ0n) is 10.9. The molecule has 2 aromatic rings. The van der Waals surface area contributed by atoms with Gasteiger partial charge < -0.3 is 0 Å². The highest BCUT2D eigenvalue weighted by Crippen LogP contribution is 2.18. The van der Waals surface area contributed by atoms with E-state index in [1.165, 1.54) is 24.3 Å². The first-order chi connectivity index (χ1) is 10.1. The summed E-state index contributed by atoms with van der Waals surface area (Å²) in [6.07, 6.45) is 0. The molecule has 7 nitrogen and oxygen atoms in total. The number of ketones is 1. The number of azo groups is 1. The molecule has 21 heavy (non-hydrogen) atoms. The van der Waals surface area contributed by atoms with Crippen molar-refractivity contribution in [3.63, 3.8) is 0 Å². The van der Waals surface area contributed by atoms with Crippen molar-refractivity contribution in [2.24, 2.45) is 10.2 Å². The maximum atomic E-state index is 12.1. The number of carbonyl (C=O) groups is 1. The van der Waals surface area contributed by atoms with Crippen molar-refractivity contribution in [1.29, 1.82) is 5.26 Å². The Morgan fingerprint density at radius 2 is 2.19 bits per heavy atom. The summed E-state index contributed by atoms with van der Waals surface area (Å²) in [7, 11) is 0. The van der Waals surface area contributed by atoms with Crippen molar-refractivity contribution in [1.82, 2.24) is 9.36 Å². The van der Waals surface area contributed by atoms with E-state index in [9.17, 15) is 4.79 Å². The van der Waals surface area contributed by atoms with Crippen LogP contribution in [-0.2, 0) is 0 Å². The normalized spacial score (nSPS) is 11.8. The molecule has 0 radical (unpaired) electrons. The molecule has 1 heterocycles. The number of nitrogens with zero attached hydrogens (tertiary/aromatic N) is 6. The molecule has 0 saturated carbocycles. The van der Waals surface area contributed by atoms with Gasteiger partial charge in [-0.15, -0.1) is 5.11 Å². The topological polar surface area (TPSA) is 95.7 Å². The first-order valence-corrected chi connectivity index (χ1v) is 6.54. The van der Waals surface area contributed by atoms with Crippen LogP contribution in [0.2, 0.25) is 0 Å². The fourth-order valence-electron chi connectivity index (χ4n) is 1.43. The lowest BCUT2D eigenvalue weighted by molar-refractivity contribution is 0.0979. The van der Waals surface area contributed by atoms with E-state index in [0.29, 0.717) is 22.2 Å². The van der Waals surface area contributed by atoms with Gasteiger partial charge in [0.05, 0.1) is 12.6 Å². The van der Waals surface area contributed by atoms with E-state index in [1.54, 1.807) is 13.0 Å². The summed E-state index contributed by atoms with van der Waals surface area (Å²) in [5.41, 5.74) is 0.729. The Hall–Kier alpha value is -2.97. The van der Waals surface area contributed by atoms with Crippen molar-refractivity contribution in [3.05, 3.63) is 47.1 Å². The molecule has 1 atom stereocenters. The van der Waals surface area contributed by atoms with Gasteiger partial charge in [0.2, 0.25) is 17.0 Å². The molecule has 0 amide bonds. The average Bonchev–Trinajstić information content (AvgIpc) is 2.93. The third kappa shape index (κ3) is 3.53. The van der Waals surface area contributed by atoms with E-state index >= 15 is 0 Å². The molecule has 0 bridgehead atoms. The van der Waals surface area contributed by atoms with E-state index in [1.807, 2.05) is 0 Å². The lowest BCUT2D eigenvalue weighted by Crippen LogP contribution is -2.16. The molecule has 1 unspecified atom stereocenters. The van der Waals surface area contributed by atoms with Crippen LogP contribution in [0, 0.1) is 24.8 Å². The molecule has 102 valence electrons. The monoisotopic (exact) mass is 296 g/mol. The van der Waals surface area contributed by atoms with Crippen LogP contribution in [0.15, 0.2) is 34.5 Å². The zero-order valence-corrected chi connectivity index (χ0v) is 11.7. The van der Waals surface area contributed by atoms with E-state index < -0.39 is 11.8 Å². The number of aryl methyl sites for hydroxylation is 1. The van der Waals surface area contributed by atoms with Crippen molar-refractivity contribution in [2.75, 3.05) is 0 Å². The zero-order chi connectivity index (χ0) is 15.2. The summed E-state index contributed by atoms with van der Waals surface area (Å²) in [4.78, 5) is 19.3. The van der Waals surface area contributed by atoms with E-state index in [-0.39, 0.29) is 0 Å². The Kier molecular flexibility index (Phi) is 4.44. The van der Waals surface area contributed by atoms with Crippen molar-refractivity contribution in [2.45, 2.75) is 13.0 Å². The quantitative estimate of drug-likeness (QED) is 0.491. The second-order valence-electron chi connectivity index (χ2n) is 3.89. The Balaban J connectivity index is 2.17. The number of hydrogen-bond donors (Lipinski definition) is 0. The van der Waals surface area contributed by atoms with Gasteiger partial charge in [-0.25, -0.2) is 9.83 Å². The summed E-state index contributed by atoms with van der Waals surface area (Å²) < 4.78 is 3.92. The Labute approximate surface area is 124 Å². The Morgan fingerprint density at radius 1 is 1.48 bits per heavy atom. The molecule has 8 heteroatoms. The summed E-state index contributed by atoms with van der Waals surface area (Å²) in [5.74, 6) is 0.0857. The highest BCUT2D eigenvalue weighted by Gasteiger charge is 2.19. The van der Waals surface area contributed by atoms with Crippen LogP contribution in [0.3, 0.4) is 0 Å². The maximum absolute atomic E-state index is 12.1. The van der Waals surface area contributed by atoms with Crippen LogP contribution in [-0.4, -0.2) is 21.2 Å². The number of rotatable bonds is 4. The molecule has 0 fully saturated rings. The fourth-order valence-corrected chi connectivity index (χ4v) is 1.94. The fraction of sp³-hybridized carbons (Fsp3) is 0.154. The molecule has 0 aliphatic carbocycles. The molecule has 2 rings (SSSR count). The number of Topliss-reactive ketones (excluding diaryl/α,β-unsaturated/α-hetero) is 1. The summed E-state index contributed by atoms with van der Waals surface area (Å²) >= 11 is 1.04. The SMILES string of the molecule is [C-]#[N+]c1ccc(C(=O)C(C#N)N=Nc2nc(C)ns2)cc1. The summed E-state index contributed by atoms with van der Waals surface area (Å²) in [6, 6.07) is 6.56. The van der Waals surface area contributed by atoms with Gasteiger partial charge in [-0.2, -0.15) is 14.7 Å². The average molecular weight is 296 g/mol. The van der Waals surface area contributed by atoms with E-state index in [4.69, 9.17) is 11.8 Å². The van der Waals surface area contributed by atoms with Crippen molar-refractivity contribution < 1.29 is 4.79 Å². The van der Waals surface area contributed by atoms with Crippen molar-refractivity contribution in [3.8, 4) is 6.07 Å². The largest absolute Gasteiger partial charge is 0.290 e. The third-order valence-electron chi connectivity index (χ3n) is 2.43. The number of benzene rings is 1. The van der Waals surface area contributed by atoms with Gasteiger partial charge in [-0.3, -0.25) is 4.79 Å². The smallest absolute Gasteiger partial charge is 0.249 e. The van der Waals surface area contributed by atoms with Crippen LogP contribution < -0.4 is 0 Å². The predicted molar refractivity (Wildman–Crippen MR) is 75.6 cm³/mol. The first kappa shape index (κ1) is 14.4. The Bertz CT molecular complexity index is 765. The molecule has 0 spiro atoms. The highest BCUT2D eigenvalue weighted by atomic mass is 32.1. The van der Waals surface area contributed by atoms with Crippen LogP contribution in [0.4, 0.5) is 10.8 Å². The van der Waals surface area contributed by atoms with E-state index in [2.05, 4.69) is 24.4 Å². The summed E-state index contributed by atoms with van der Waals surface area (Å²) in [6.45, 7) is 8.56. The van der Waals surface area contributed by atoms with Crippen LogP contribution in [0.25, 0.3) is 4.85 Å². The third-order valence-corrected chi connectivity index (χ3v) is 3.12. The standard InChI is InChI=1S/C13H8N6OS/c1-8-16-13(21-19-8)18-17-11(7-14)12(20)9-3-5-10(15-2)6-4-9/h3-6,11H,1H3. The highest BCUT2D eigenvalue weighted by molar-refractivity contribution is 7.09. The second-order valence-corrected chi connectivity index (χ2v) is 4.62. The first-order valence-electron chi connectivity index (χ1n) is 5.76. The van der Waals surface area contributed by atoms with Gasteiger partial charge in [0.25, 0.3) is 0 Å². The van der Waals surface area contributed by atoms with Gasteiger partial charge in [0.1, 0.15) is 5.82 Å². The number of carbonyl (C=O) groups excluding carboxylic acids is 1. The minimum absolute atomic E-state index is 0.295. The molecular formula is C13H8N6OS. The van der Waals surface area contributed by atoms with Crippen LogP contribution in [0.1, 0.15) is 16.2 Å². The number of aromatic nitrogens is 2. The van der Waals surface area contributed by atoms with Gasteiger partial charge in [0.15, 0.2) is 5.69 Å². The van der Waals surface area contributed by atoms with Crippen LogP contribution >= 0.6 is 11.5 Å². The summed E-state index contributed by atoms with van der Waals surface area (Å²) in [5, 5.41) is 16.8. The van der Waals surface area contributed by atoms with Gasteiger partial charge in [-0.05, 0) is 6.92 Å². The van der Waals surface area contributed by atoms with E-state index in [0.717, 1.165) is 11.5 Å². The lowest BCUT2D eigenvalue weighted by Gasteiger charge is -2.01. The molecule has 1 aromatic heterocycles.